The summed E-state index contributed by atoms with van der Waals surface area (Å²) in [5.41, 5.74) is 6.81. The Morgan fingerprint density at radius 1 is 0.875 bits per heavy atom. The molecule has 0 bridgehead atoms. The molecule has 0 heterocycles. The van der Waals surface area contributed by atoms with Gasteiger partial charge in [0, 0.05) is 5.56 Å². The standard InChI is InChI=1S/C20H17NO3/c21-20(23)19(15-8-2-1-3-9-15)24-18(22)13-16-11-6-10-14-7-4-5-12-17(14)16/h1-12,19H,13H2,(H2,21,23)/t19-/m0/s1. The Kier molecular flexibility index (Phi) is 4.57. The van der Waals surface area contributed by atoms with Crippen LogP contribution in [0.5, 0.6) is 0 Å². The van der Waals surface area contributed by atoms with E-state index >= 15 is 0 Å². The van der Waals surface area contributed by atoms with E-state index in [0.29, 0.717) is 5.56 Å². The summed E-state index contributed by atoms with van der Waals surface area (Å²) >= 11 is 0. The zero-order valence-corrected chi connectivity index (χ0v) is 13.0. The molecule has 0 radical (unpaired) electrons. The van der Waals surface area contributed by atoms with Gasteiger partial charge in [0.05, 0.1) is 6.42 Å². The summed E-state index contributed by atoms with van der Waals surface area (Å²) in [6.45, 7) is 0. The maximum Gasteiger partial charge on any atom is 0.311 e. The van der Waals surface area contributed by atoms with Gasteiger partial charge in [-0.1, -0.05) is 72.8 Å². The van der Waals surface area contributed by atoms with Crippen molar-refractivity contribution in [2.75, 3.05) is 0 Å². The van der Waals surface area contributed by atoms with E-state index in [9.17, 15) is 9.59 Å². The van der Waals surface area contributed by atoms with Gasteiger partial charge in [0.1, 0.15) is 0 Å². The van der Waals surface area contributed by atoms with Crippen LogP contribution in [0.4, 0.5) is 0 Å². The predicted molar refractivity (Wildman–Crippen MR) is 92.1 cm³/mol. The molecule has 0 aliphatic heterocycles. The third-order valence-electron chi connectivity index (χ3n) is 3.82. The Balaban J connectivity index is 1.80. The highest BCUT2D eigenvalue weighted by molar-refractivity contribution is 5.90. The number of rotatable bonds is 5. The van der Waals surface area contributed by atoms with Crippen molar-refractivity contribution in [3.05, 3.63) is 83.9 Å². The molecule has 0 saturated carbocycles. The topological polar surface area (TPSA) is 69.4 Å². The lowest BCUT2D eigenvalue weighted by Crippen LogP contribution is -2.26. The number of carbonyl (C=O) groups is 2. The lowest BCUT2D eigenvalue weighted by Gasteiger charge is -2.15. The first-order valence-corrected chi connectivity index (χ1v) is 7.65. The second kappa shape index (κ2) is 6.96. The summed E-state index contributed by atoms with van der Waals surface area (Å²) < 4.78 is 5.34. The van der Waals surface area contributed by atoms with Crippen molar-refractivity contribution in [3.63, 3.8) is 0 Å². The predicted octanol–water partition coefficient (Wildman–Crippen LogP) is 3.15. The fraction of sp³-hybridized carbons (Fsp3) is 0.100. The molecule has 4 heteroatoms. The Morgan fingerprint density at radius 2 is 1.54 bits per heavy atom. The molecule has 0 spiro atoms. The van der Waals surface area contributed by atoms with Gasteiger partial charge in [0.2, 0.25) is 6.10 Å². The number of amides is 1. The molecule has 120 valence electrons. The molecule has 2 N–H and O–H groups in total. The minimum Gasteiger partial charge on any atom is -0.447 e. The van der Waals surface area contributed by atoms with Gasteiger partial charge in [-0.3, -0.25) is 9.59 Å². The normalized spacial score (nSPS) is 11.8. The second-order valence-electron chi connectivity index (χ2n) is 5.50. The first-order chi connectivity index (χ1) is 11.6. The maximum absolute atomic E-state index is 12.3. The van der Waals surface area contributed by atoms with Crippen molar-refractivity contribution < 1.29 is 14.3 Å². The summed E-state index contributed by atoms with van der Waals surface area (Å²) in [7, 11) is 0. The van der Waals surface area contributed by atoms with E-state index in [1.54, 1.807) is 24.3 Å². The van der Waals surface area contributed by atoms with E-state index in [4.69, 9.17) is 10.5 Å². The molecule has 0 unspecified atom stereocenters. The van der Waals surface area contributed by atoms with Gasteiger partial charge in [-0.15, -0.1) is 0 Å². The monoisotopic (exact) mass is 319 g/mol. The van der Waals surface area contributed by atoms with E-state index < -0.39 is 18.0 Å². The van der Waals surface area contributed by atoms with Crippen LogP contribution in [-0.2, 0) is 20.7 Å². The fourth-order valence-electron chi connectivity index (χ4n) is 2.69. The van der Waals surface area contributed by atoms with Gasteiger partial charge in [-0.05, 0) is 16.3 Å². The molecule has 0 aromatic heterocycles. The number of nitrogens with two attached hydrogens (primary N) is 1. The van der Waals surface area contributed by atoms with Crippen LogP contribution in [-0.4, -0.2) is 11.9 Å². The average molecular weight is 319 g/mol. The van der Waals surface area contributed by atoms with Crippen molar-refractivity contribution in [3.8, 4) is 0 Å². The van der Waals surface area contributed by atoms with Crippen LogP contribution in [0.3, 0.4) is 0 Å². The van der Waals surface area contributed by atoms with E-state index in [0.717, 1.165) is 16.3 Å². The van der Waals surface area contributed by atoms with Crippen LogP contribution in [0.1, 0.15) is 17.2 Å². The summed E-state index contributed by atoms with van der Waals surface area (Å²) in [6.07, 6.45) is -0.994. The van der Waals surface area contributed by atoms with E-state index in [1.165, 1.54) is 0 Å². The number of esters is 1. The number of carbonyl (C=O) groups excluding carboxylic acids is 2. The number of fused-ring (bicyclic) bond motifs is 1. The summed E-state index contributed by atoms with van der Waals surface area (Å²) in [5, 5.41) is 2.05. The Hall–Kier alpha value is -3.14. The molecule has 0 saturated heterocycles. The van der Waals surface area contributed by atoms with E-state index in [-0.39, 0.29) is 6.42 Å². The lowest BCUT2D eigenvalue weighted by atomic mass is 10.0. The van der Waals surface area contributed by atoms with E-state index in [2.05, 4.69) is 0 Å². The second-order valence-corrected chi connectivity index (χ2v) is 5.50. The largest absolute Gasteiger partial charge is 0.447 e. The summed E-state index contributed by atoms with van der Waals surface area (Å²) in [6, 6.07) is 22.4. The number of hydrogen-bond donors (Lipinski definition) is 1. The zero-order valence-electron chi connectivity index (χ0n) is 13.0. The van der Waals surface area contributed by atoms with Crippen LogP contribution in [0.2, 0.25) is 0 Å². The minimum absolute atomic E-state index is 0.0813. The number of benzene rings is 3. The van der Waals surface area contributed by atoms with Gasteiger partial charge in [0.25, 0.3) is 5.91 Å². The van der Waals surface area contributed by atoms with Gasteiger partial charge < -0.3 is 10.5 Å². The molecule has 0 aliphatic carbocycles. The lowest BCUT2D eigenvalue weighted by molar-refractivity contribution is -0.154. The molecule has 1 amide bonds. The summed E-state index contributed by atoms with van der Waals surface area (Å²) in [4.78, 5) is 24.0. The minimum atomic E-state index is -1.08. The van der Waals surface area contributed by atoms with Crippen molar-refractivity contribution in [2.24, 2.45) is 5.73 Å². The van der Waals surface area contributed by atoms with Crippen LogP contribution < -0.4 is 5.73 Å². The van der Waals surface area contributed by atoms with Crippen molar-refractivity contribution >= 4 is 22.6 Å². The van der Waals surface area contributed by atoms with Gasteiger partial charge >= 0.3 is 5.97 Å². The van der Waals surface area contributed by atoms with Gasteiger partial charge in [-0.25, -0.2) is 0 Å². The zero-order chi connectivity index (χ0) is 16.9. The molecule has 0 fully saturated rings. The third kappa shape index (κ3) is 3.43. The number of primary amides is 1. The van der Waals surface area contributed by atoms with Crippen molar-refractivity contribution in [2.45, 2.75) is 12.5 Å². The molecule has 0 aliphatic rings. The Labute approximate surface area is 139 Å². The maximum atomic E-state index is 12.3. The first kappa shape index (κ1) is 15.7. The summed E-state index contributed by atoms with van der Waals surface area (Å²) in [5.74, 6) is -1.17. The average Bonchev–Trinajstić information content (AvgIpc) is 2.60. The van der Waals surface area contributed by atoms with Crippen molar-refractivity contribution in [1.82, 2.24) is 0 Å². The molecule has 4 nitrogen and oxygen atoms in total. The molecule has 1 atom stereocenters. The Morgan fingerprint density at radius 3 is 2.29 bits per heavy atom. The van der Waals surface area contributed by atoms with Crippen LogP contribution in [0.15, 0.2) is 72.8 Å². The SMILES string of the molecule is NC(=O)[C@@H](OC(=O)Cc1cccc2ccccc12)c1ccccc1. The van der Waals surface area contributed by atoms with E-state index in [1.807, 2.05) is 48.5 Å². The molecule has 3 aromatic carbocycles. The molecular weight excluding hydrogens is 302 g/mol. The highest BCUT2D eigenvalue weighted by Crippen LogP contribution is 2.21. The first-order valence-electron chi connectivity index (χ1n) is 7.65. The quantitative estimate of drug-likeness (QED) is 0.734. The number of hydrogen-bond acceptors (Lipinski definition) is 3. The highest BCUT2D eigenvalue weighted by Gasteiger charge is 2.22. The van der Waals surface area contributed by atoms with Crippen molar-refractivity contribution in [1.29, 1.82) is 0 Å². The molecule has 3 rings (SSSR count). The number of ether oxygens (including phenoxy) is 1. The molecular formula is C20H17NO3. The third-order valence-corrected chi connectivity index (χ3v) is 3.82. The Bertz CT molecular complexity index is 869. The fourth-order valence-corrected chi connectivity index (χ4v) is 2.69. The van der Waals surface area contributed by atoms with Gasteiger partial charge in [0.15, 0.2) is 0 Å². The van der Waals surface area contributed by atoms with Crippen LogP contribution >= 0.6 is 0 Å². The van der Waals surface area contributed by atoms with Gasteiger partial charge in [-0.2, -0.15) is 0 Å². The smallest absolute Gasteiger partial charge is 0.311 e. The highest BCUT2D eigenvalue weighted by atomic mass is 16.5. The molecule has 24 heavy (non-hydrogen) atoms. The van der Waals surface area contributed by atoms with Crippen LogP contribution in [0, 0.1) is 0 Å². The molecule has 3 aromatic rings. The van der Waals surface area contributed by atoms with Crippen LogP contribution in [0.25, 0.3) is 10.8 Å².